The zero-order valence-corrected chi connectivity index (χ0v) is 10.8. The summed E-state index contributed by atoms with van der Waals surface area (Å²) in [5, 5.41) is 13.2. The Kier molecular flexibility index (Phi) is 4.26. The van der Waals surface area contributed by atoms with Crippen molar-refractivity contribution in [3.05, 3.63) is 54.1 Å². The SMILES string of the molecule is COc1cc(N)cc(NCC(O)c2ccccc2)c1. The summed E-state index contributed by atoms with van der Waals surface area (Å²) in [6, 6.07) is 14.9. The van der Waals surface area contributed by atoms with Crippen LogP contribution in [0.25, 0.3) is 0 Å². The minimum absolute atomic E-state index is 0.413. The molecule has 0 aromatic heterocycles. The van der Waals surface area contributed by atoms with Gasteiger partial charge in [0.15, 0.2) is 0 Å². The highest BCUT2D eigenvalue weighted by Crippen LogP contribution is 2.23. The van der Waals surface area contributed by atoms with Crippen LogP contribution in [-0.4, -0.2) is 18.8 Å². The Labute approximate surface area is 112 Å². The number of aliphatic hydroxyl groups excluding tert-OH is 1. The molecule has 4 nitrogen and oxygen atoms in total. The van der Waals surface area contributed by atoms with Gasteiger partial charge in [-0.3, -0.25) is 0 Å². The minimum atomic E-state index is -0.561. The maximum atomic E-state index is 10.1. The number of hydrogen-bond acceptors (Lipinski definition) is 4. The fourth-order valence-corrected chi connectivity index (χ4v) is 1.85. The number of hydrogen-bond donors (Lipinski definition) is 3. The van der Waals surface area contributed by atoms with Crippen LogP contribution < -0.4 is 15.8 Å². The summed E-state index contributed by atoms with van der Waals surface area (Å²) in [4.78, 5) is 0. The van der Waals surface area contributed by atoms with Crippen molar-refractivity contribution in [2.75, 3.05) is 24.7 Å². The summed E-state index contributed by atoms with van der Waals surface area (Å²) in [5.74, 6) is 0.691. The monoisotopic (exact) mass is 258 g/mol. The topological polar surface area (TPSA) is 67.5 Å². The average Bonchev–Trinajstić information content (AvgIpc) is 2.45. The van der Waals surface area contributed by atoms with Gasteiger partial charge in [0.2, 0.25) is 0 Å². The number of methoxy groups -OCH3 is 1. The molecule has 2 aromatic carbocycles. The third kappa shape index (κ3) is 3.63. The molecule has 4 heteroatoms. The molecule has 0 aliphatic carbocycles. The second-order valence-electron chi connectivity index (χ2n) is 4.30. The molecule has 0 aliphatic heterocycles. The highest BCUT2D eigenvalue weighted by atomic mass is 16.5. The predicted molar refractivity (Wildman–Crippen MR) is 77.3 cm³/mol. The lowest BCUT2D eigenvalue weighted by molar-refractivity contribution is 0.191. The van der Waals surface area contributed by atoms with Crippen molar-refractivity contribution in [3.8, 4) is 5.75 Å². The number of nitrogens with two attached hydrogens (primary N) is 1. The molecule has 2 aromatic rings. The Hall–Kier alpha value is -2.20. The predicted octanol–water partition coefficient (Wildman–Crippen LogP) is 2.42. The summed E-state index contributed by atoms with van der Waals surface area (Å²) >= 11 is 0. The minimum Gasteiger partial charge on any atom is -0.497 e. The van der Waals surface area contributed by atoms with Gasteiger partial charge in [0.25, 0.3) is 0 Å². The fraction of sp³-hybridized carbons (Fsp3) is 0.200. The number of ether oxygens (including phenoxy) is 1. The van der Waals surface area contributed by atoms with Crippen LogP contribution in [0.5, 0.6) is 5.75 Å². The molecule has 0 spiro atoms. The largest absolute Gasteiger partial charge is 0.497 e. The molecule has 19 heavy (non-hydrogen) atoms. The number of nitrogens with one attached hydrogen (secondary N) is 1. The summed E-state index contributed by atoms with van der Waals surface area (Å²) in [5.41, 5.74) is 8.10. The lowest BCUT2D eigenvalue weighted by Crippen LogP contribution is -2.12. The van der Waals surface area contributed by atoms with Gasteiger partial charge in [-0.25, -0.2) is 0 Å². The Morgan fingerprint density at radius 3 is 2.63 bits per heavy atom. The molecule has 1 unspecified atom stereocenters. The molecule has 1 atom stereocenters. The maximum absolute atomic E-state index is 10.1. The van der Waals surface area contributed by atoms with E-state index in [4.69, 9.17) is 10.5 Å². The first-order chi connectivity index (χ1) is 9.19. The van der Waals surface area contributed by atoms with Gasteiger partial charge in [0, 0.05) is 30.1 Å². The summed E-state index contributed by atoms with van der Waals surface area (Å²) in [6.07, 6.45) is -0.561. The van der Waals surface area contributed by atoms with Crippen LogP contribution in [0.1, 0.15) is 11.7 Å². The van der Waals surface area contributed by atoms with Crippen molar-refractivity contribution >= 4 is 11.4 Å². The van der Waals surface area contributed by atoms with E-state index >= 15 is 0 Å². The van der Waals surface area contributed by atoms with Gasteiger partial charge in [-0.2, -0.15) is 0 Å². The third-order valence-corrected chi connectivity index (χ3v) is 2.85. The quantitative estimate of drug-likeness (QED) is 0.720. The van der Waals surface area contributed by atoms with E-state index in [-0.39, 0.29) is 0 Å². The zero-order chi connectivity index (χ0) is 13.7. The first-order valence-corrected chi connectivity index (χ1v) is 6.10. The Balaban J connectivity index is 2.01. The van der Waals surface area contributed by atoms with Crippen LogP contribution >= 0.6 is 0 Å². The van der Waals surface area contributed by atoms with Crippen LogP contribution in [-0.2, 0) is 0 Å². The van der Waals surface area contributed by atoms with E-state index in [2.05, 4.69) is 5.32 Å². The van der Waals surface area contributed by atoms with Crippen LogP contribution in [0.15, 0.2) is 48.5 Å². The van der Waals surface area contributed by atoms with E-state index in [1.807, 2.05) is 36.4 Å². The molecule has 0 saturated carbocycles. The smallest absolute Gasteiger partial charge is 0.122 e. The van der Waals surface area contributed by atoms with Crippen molar-refractivity contribution in [2.24, 2.45) is 0 Å². The number of aliphatic hydroxyl groups is 1. The van der Waals surface area contributed by atoms with Gasteiger partial charge in [0.05, 0.1) is 13.2 Å². The summed E-state index contributed by atoms with van der Waals surface area (Å²) in [6.45, 7) is 0.413. The van der Waals surface area contributed by atoms with E-state index in [9.17, 15) is 5.11 Å². The van der Waals surface area contributed by atoms with Gasteiger partial charge in [0.1, 0.15) is 5.75 Å². The second kappa shape index (κ2) is 6.11. The number of benzene rings is 2. The van der Waals surface area contributed by atoms with E-state index in [1.54, 1.807) is 19.2 Å². The highest BCUT2D eigenvalue weighted by Gasteiger charge is 2.07. The Morgan fingerprint density at radius 1 is 1.21 bits per heavy atom. The van der Waals surface area contributed by atoms with Gasteiger partial charge in [-0.15, -0.1) is 0 Å². The molecule has 0 amide bonds. The van der Waals surface area contributed by atoms with E-state index in [1.165, 1.54) is 0 Å². The van der Waals surface area contributed by atoms with Crippen LogP contribution in [0.3, 0.4) is 0 Å². The summed E-state index contributed by atoms with van der Waals surface area (Å²) in [7, 11) is 1.59. The van der Waals surface area contributed by atoms with Gasteiger partial charge < -0.3 is 20.9 Å². The van der Waals surface area contributed by atoms with Crippen LogP contribution in [0.4, 0.5) is 11.4 Å². The lowest BCUT2D eigenvalue weighted by atomic mass is 10.1. The lowest BCUT2D eigenvalue weighted by Gasteiger charge is -2.14. The van der Waals surface area contributed by atoms with Gasteiger partial charge in [-0.05, 0) is 11.6 Å². The third-order valence-electron chi connectivity index (χ3n) is 2.85. The first kappa shape index (κ1) is 13.2. The molecule has 0 saturated heterocycles. The number of rotatable bonds is 5. The molecule has 0 bridgehead atoms. The van der Waals surface area contributed by atoms with Crippen molar-refractivity contribution in [2.45, 2.75) is 6.10 Å². The standard InChI is InChI=1S/C15H18N2O2/c1-19-14-8-12(16)7-13(9-14)17-10-15(18)11-5-3-2-4-6-11/h2-9,15,17-18H,10,16H2,1H3. The maximum Gasteiger partial charge on any atom is 0.122 e. The molecular weight excluding hydrogens is 240 g/mol. The van der Waals surface area contributed by atoms with Gasteiger partial charge >= 0.3 is 0 Å². The molecule has 0 aliphatic rings. The first-order valence-electron chi connectivity index (χ1n) is 6.10. The molecule has 100 valence electrons. The van der Waals surface area contributed by atoms with Crippen molar-refractivity contribution in [3.63, 3.8) is 0 Å². The molecular formula is C15H18N2O2. The van der Waals surface area contributed by atoms with E-state index in [0.29, 0.717) is 18.0 Å². The van der Waals surface area contributed by atoms with E-state index < -0.39 is 6.10 Å². The number of anilines is 2. The molecule has 0 radical (unpaired) electrons. The zero-order valence-electron chi connectivity index (χ0n) is 10.8. The molecule has 4 N–H and O–H groups in total. The van der Waals surface area contributed by atoms with E-state index in [0.717, 1.165) is 11.3 Å². The molecule has 0 fully saturated rings. The van der Waals surface area contributed by atoms with Crippen molar-refractivity contribution < 1.29 is 9.84 Å². The molecule has 2 rings (SSSR count). The summed E-state index contributed by atoms with van der Waals surface area (Å²) < 4.78 is 5.14. The van der Waals surface area contributed by atoms with Crippen molar-refractivity contribution in [1.82, 2.24) is 0 Å². The highest BCUT2D eigenvalue weighted by molar-refractivity contribution is 5.59. The fourth-order valence-electron chi connectivity index (χ4n) is 1.85. The average molecular weight is 258 g/mol. The molecule has 0 heterocycles. The van der Waals surface area contributed by atoms with Gasteiger partial charge in [-0.1, -0.05) is 30.3 Å². The number of nitrogen functional groups attached to an aromatic ring is 1. The second-order valence-corrected chi connectivity index (χ2v) is 4.30. The van der Waals surface area contributed by atoms with Crippen molar-refractivity contribution in [1.29, 1.82) is 0 Å². The van der Waals surface area contributed by atoms with Crippen LogP contribution in [0, 0.1) is 0 Å². The Morgan fingerprint density at radius 2 is 1.95 bits per heavy atom. The Bertz CT molecular complexity index is 529. The normalized spacial score (nSPS) is 11.9. The van der Waals surface area contributed by atoms with Crippen LogP contribution in [0.2, 0.25) is 0 Å².